The maximum absolute atomic E-state index is 13.7. The van der Waals surface area contributed by atoms with E-state index in [9.17, 15) is 9.18 Å². The van der Waals surface area contributed by atoms with Crippen LogP contribution in [0.1, 0.15) is 37.4 Å². The van der Waals surface area contributed by atoms with Gasteiger partial charge >= 0.3 is 5.97 Å². The Morgan fingerprint density at radius 2 is 2.22 bits per heavy atom. The Morgan fingerprint density at radius 1 is 1.50 bits per heavy atom. The molecule has 0 saturated carbocycles. The van der Waals surface area contributed by atoms with Crippen molar-refractivity contribution in [2.24, 2.45) is 0 Å². The molecule has 0 aliphatic rings. The predicted octanol–water partition coefficient (Wildman–Crippen LogP) is 2.93. The number of nitrogens with zero attached hydrogens (tertiary/aromatic N) is 2. The van der Waals surface area contributed by atoms with Gasteiger partial charge in [-0.2, -0.15) is 0 Å². The zero-order valence-electron chi connectivity index (χ0n) is 10.6. The summed E-state index contributed by atoms with van der Waals surface area (Å²) in [7, 11) is 0. The lowest BCUT2D eigenvalue weighted by molar-refractivity contribution is 0.0505. The molecular weight excluding hydrogens is 235 g/mol. The highest BCUT2D eigenvalue weighted by molar-refractivity contribution is 5.91. The second kappa shape index (κ2) is 4.76. The fourth-order valence-electron chi connectivity index (χ4n) is 1.95. The minimum absolute atomic E-state index is 0.00351. The van der Waals surface area contributed by atoms with Crippen molar-refractivity contribution < 1.29 is 13.9 Å². The van der Waals surface area contributed by atoms with E-state index in [1.165, 1.54) is 6.07 Å². The molecule has 1 aromatic heterocycles. The van der Waals surface area contributed by atoms with Gasteiger partial charge in [-0.1, -0.05) is 6.07 Å². The van der Waals surface area contributed by atoms with E-state index in [0.29, 0.717) is 5.52 Å². The molecule has 0 unspecified atom stereocenters. The number of carbonyl (C=O) groups is 1. The van der Waals surface area contributed by atoms with Gasteiger partial charge in [-0.15, -0.1) is 0 Å². The van der Waals surface area contributed by atoms with Crippen LogP contribution in [0, 0.1) is 5.82 Å². The normalized spacial score (nSPS) is 11.2. The van der Waals surface area contributed by atoms with E-state index < -0.39 is 11.8 Å². The Kier molecular flexibility index (Phi) is 3.32. The molecule has 0 fully saturated rings. The third-order valence-corrected chi connectivity index (χ3v) is 2.65. The number of rotatable bonds is 3. The third kappa shape index (κ3) is 1.96. The van der Waals surface area contributed by atoms with Crippen molar-refractivity contribution in [3.05, 3.63) is 29.8 Å². The highest BCUT2D eigenvalue weighted by Gasteiger charge is 2.21. The number of carbonyl (C=O) groups excluding carboxylic acids is 1. The predicted molar refractivity (Wildman–Crippen MR) is 66.0 cm³/mol. The first kappa shape index (κ1) is 12.5. The summed E-state index contributed by atoms with van der Waals surface area (Å²) < 4.78 is 20.3. The molecule has 0 radical (unpaired) electrons. The van der Waals surface area contributed by atoms with E-state index >= 15 is 0 Å². The van der Waals surface area contributed by atoms with Crippen molar-refractivity contribution in [2.75, 3.05) is 6.61 Å². The molecule has 0 N–H and O–H groups in total. The number of imidazole rings is 1. The summed E-state index contributed by atoms with van der Waals surface area (Å²) in [6.45, 7) is 5.81. The first-order valence-electron chi connectivity index (χ1n) is 5.89. The summed E-state index contributed by atoms with van der Waals surface area (Å²) in [5, 5.41) is 0. The maximum atomic E-state index is 13.7. The average molecular weight is 250 g/mol. The second-order valence-electron chi connectivity index (χ2n) is 4.23. The summed E-state index contributed by atoms with van der Waals surface area (Å²) in [5.41, 5.74) is 0.808. The van der Waals surface area contributed by atoms with E-state index in [1.54, 1.807) is 23.6 Å². The lowest BCUT2D eigenvalue weighted by Gasteiger charge is -2.11. The van der Waals surface area contributed by atoms with Gasteiger partial charge in [0.25, 0.3) is 0 Å². The Morgan fingerprint density at radius 3 is 2.83 bits per heavy atom. The molecule has 0 atom stereocenters. The molecule has 5 heteroatoms. The van der Waals surface area contributed by atoms with Crippen LogP contribution in [0.25, 0.3) is 11.0 Å². The van der Waals surface area contributed by atoms with Crippen LogP contribution in [0.5, 0.6) is 0 Å². The Hall–Kier alpha value is -1.91. The topological polar surface area (TPSA) is 44.1 Å². The molecule has 1 heterocycles. The lowest BCUT2D eigenvalue weighted by Crippen LogP contribution is -2.14. The standard InChI is InChI=1S/C13H15FN2O2/c1-4-18-13(17)12-15-11-9(14)6-5-7-10(11)16(12)8(2)3/h5-8H,4H2,1-3H3. The van der Waals surface area contributed by atoms with E-state index in [0.717, 1.165) is 0 Å². The largest absolute Gasteiger partial charge is 0.460 e. The van der Waals surface area contributed by atoms with Crippen LogP contribution >= 0.6 is 0 Å². The summed E-state index contributed by atoms with van der Waals surface area (Å²) in [6, 6.07) is 4.67. The quantitative estimate of drug-likeness (QED) is 0.787. The number of esters is 1. The molecule has 0 aliphatic carbocycles. The van der Waals surface area contributed by atoms with Gasteiger partial charge < -0.3 is 9.30 Å². The van der Waals surface area contributed by atoms with Crippen molar-refractivity contribution >= 4 is 17.0 Å². The Bertz CT molecular complexity index is 590. The van der Waals surface area contributed by atoms with Gasteiger partial charge in [-0.25, -0.2) is 14.2 Å². The van der Waals surface area contributed by atoms with Gasteiger partial charge in [0.15, 0.2) is 5.82 Å². The summed E-state index contributed by atoms with van der Waals surface area (Å²) >= 11 is 0. The van der Waals surface area contributed by atoms with E-state index in [4.69, 9.17) is 4.74 Å². The van der Waals surface area contributed by atoms with Crippen LogP contribution in [0.3, 0.4) is 0 Å². The summed E-state index contributed by atoms with van der Waals surface area (Å²) in [4.78, 5) is 15.9. The van der Waals surface area contributed by atoms with E-state index in [2.05, 4.69) is 4.98 Å². The molecule has 2 rings (SSSR count). The zero-order valence-corrected chi connectivity index (χ0v) is 10.6. The average Bonchev–Trinajstić information content (AvgIpc) is 2.70. The lowest BCUT2D eigenvalue weighted by atomic mass is 10.3. The van der Waals surface area contributed by atoms with Gasteiger partial charge in [-0.3, -0.25) is 0 Å². The minimum atomic E-state index is -0.526. The van der Waals surface area contributed by atoms with Gasteiger partial charge in [0, 0.05) is 6.04 Å². The third-order valence-electron chi connectivity index (χ3n) is 2.65. The van der Waals surface area contributed by atoms with Crippen LogP contribution in [0.2, 0.25) is 0 Å². The van der Waals surface area contributed by atoms with Crippen LogP contribution < -0.4 is 0 Å². The van der Waals surface area contributed by atoms with Crippen molar-refractivity contribution in [2.45, 2.75) is 26.8 Å². The van der Waals surface area contributed by atoms with Crippen LogP contribution in [0.4, 0.5) is 4.39 Å². The molecule has 0 amide bonds. The highest BCUT2D eigenvalue weighted by atomic mass is 19.1. The maximum Gasteiger partial charge on any atom is 0.374 e. The zero-order chi connectivity index (χ0) is 13.3. The van der Waals surface area contributed by atoms with Crippen LogP contribution in [0.15, 0.2) is 18.2 Å². The van der Waals surface area contributed by atoms with Crippen molar-refractivity contribution in [1.82, 2.24) is 9.55 Å². The fourth-order valence-corrected chi connectivity index (χ4v) is 1.95. The number of para-hydroxylation sites is 1. The number of ether oxygens (including phenoxy) is 1. The highest BCUT2D eigenvalue weighted by Crippen LogP contribution is 2.23. The molecule has 1 aromatic carbocycles. The first-order valence-corrected chi connectivity index (χ1v) is 5.89. The summed E-state index contributed by atoms with van der Waals surface area (Å²) in [6.07, 6.45) is 0. The van der Waals surface area contributed by atoms with Gasteiger partial charge in [0.1, 0.15) is 5.52 Å². The van der Waals surface area contributed by atoms with Gasteiger partial charge in [0.2, 0.25) is 5.82 Å². The van der Waals surface area contributed by atoms with E-state index in [1.807, 2.05) is 13.8 Å². The molecule has 96 valence electrons. The van der Waals surface area contributed by atoms with Crippen LogP contribution in [-0.4, -0.2) is 22.1 Å². The SMILES string of the molecule is CCOC(=O)c1nc2c(F)cccc2n1C(C)C. The number of fused-ring (bicyclic) bond motifs is 1. The number of halogens is 1. The van der Waals surface area contributed by atoms with Crippen molar-refractivity contribution in [3.63, 3.8) is 0 Å². The van der Waals surface area contributed by atoms with Crippen molar-refractivity contribution in [1.29, 1.82) is 0 Å². The van der Waals surface area contributed by atoms with Crippen molar-refractivity contribution in [3.8, 4) is 0 Å². The summed E-state index contributed by atoms with van der Waals surface area (Å²) in [5.74, 6) is -0.814. The number of hydrogen-bond donors (Lipinski definition) is 0. The molecule has 4 nitrogen and oxygen atoms in total. The number of aromatic nitrogens is 2. The monoisotopic (exact) mass is 250 g/mol. The smallest absolute Gasteiger partial charge is 0.374 e. The number of benzene rings is 1. The van der Waals surface area contributed by atoms with Crippen LogP contribution in [-0.2, 0) is 4.74 Å². The molecule has 0 saturated heterocycles. The Labute approximate surface area is 104 Å². The molecule has 2 aromatic rings. The molecular formula is C13H15FN2O2. The molecule has 0 aliphatic heterocycles. The molecule has 18 heavy (non-hydrogen) atoms. The fraction of sp³-hybridized carbons (Fsp3) is 0.385. The molecule has 0 bridgehead atoms. The second-order valence-corrected chi connectivity index (χ2v) is 4.23. The van der Waals surface area contributed by atoms with E-state index in [-0.39, 0.29) is 24.0 Å². The van der Waals surface area contributed by atoms with Gasteiger partial charge in [0.05, 0.1) is 12.1 Å². The minimum Gasteiger partial charge on any atom is -0.460 e. The molecule has 0 spiro atoms. The van der Waals surface area contributed by atoms with Gasteiger partial charge in [-0.05, 0) is 32.9 Å². The number of hydrogen-bond acceptors (Lipinski definition) is 3. The first-order chi connectivity index (χ1) is 8.56. The Balaban J connectivity index is 2.69.